The summed E-state index contributed by atoms with van der Waals surface area (Å²) in [6, 6.07) is 6.90. The van der Waals surface area contributed by atoms with Crippen LogP contribution in [0.5, 0.6) is 0 Å². The largest absolute Gasteiger partial charge is 0.376 e. The van der Waals surface area contributed by atoms with Crippen LogP contribution in [0.15, 0.2) is 29.3 Å². The van der Waals surface area contributed by atoms with Gasteiger partial charge >= 0.3 is 0 Å². The first-order valence-electron chi connectivity index (χ1n) is 11.3. The molecule has 0 aliphatic carbocycles. The summed E-state index contributed by atoms with van der Waals surface area (Å²) in [6.45, 7) is 5.10. The second kappa shape index (κ2) is 12.1. The van der Waals surface area contributed by atoms with Crippen LogP contribution in [0.1, 0.15) is 38.5 Å². The highest BCUT2D eigenvalue weighted by molar-refractivity contribution is 5.79. The van der Waals surface area contributed by atoms with Gasteiger partial charge in [-0.3, -0.25) is 4.99 Å². The van der Waals surface area contributed by atoms with E-state index >= 15 is 0 Å². The average molecular weight is 421 g/mol. The van der Waals surface area contributed by atoms with Crippen LogP contribution in [0.2, 0.25) is 0 Å². The Morgan fingerprint density at radius 3 is 2.77 bits per heavy atom. The van der Waals surface area contributed by atoms with Gasteiger partial charge in [0.15, 0.2) is 5.96 Å². The topological polar surface area (TPSA) is 49.3 Å². The summed E-state index contributed by atoms with van der Waals surface area (Å²) in [7, 11) is 3.76. The molecule has 0 amide bonds. The van der Waals surface area contributed by atoms with Gasteiger partial charge in [-0.25, -0.2) is 4.39 Å². The quantitative estimate of drug-likeness (QED) is 0.397. The fraction of sp³-hybridized carbons (Fsp3) is 0.696. The summed E-state index contributed by atoms with van der Waals surface area (Å²) in [4.78, 5) is 8.70. The van der Waals surface area contributed by atoms with E-state index in [4.69, 9.17) is 9.47 Å². The predicted octanol–water partition coefficient (Wildman–Crippen LogP) is 3.28. The number of likely N-dealkylation sites (tertiary alicyclic amines) is 1. The molecular formula is C23H37FN4O2. The Bertz CT molecular complexity index is 658. The minimum absolute atomic E-state index is 0.177. The van der Waals surface area contributed by atoms with Gasteiger partial charge in [-0.05, 0) is 50.7 Å². The maximum Gasteiger partial charge on any atom is 0.193 e. The van der Waals surface area contributed by atoms with Crippen molar-refractivity contribution >= 4 is 11.6 Å². The van der Waals surface area contributed by atoms with Gasteiger partial charge in [0.1, 0.15) is 5.82 Å². The van der Waals surface area contributed by atoms with Crippen molar-refractivity contribution in [3.8, 4) is 0 Å². The molecule has 2 aliphatic rings. The number of para-hydroxylation sites is 1. The molecule has 2 saturated heterocycles. The van der Waals surface area contributed by atoms with Crippen molar-refractivity contribution in [3.63, 3.8) is 0 Å². The highest BCUT2D eigenvalue weighted by atomic mass is 19.1. The zero-order chi connectivity index (χ0) is 21.2. The number of aliphatic imine (C=N–C) groups is 1. The lowest BCUT2D eigenvalue weighted by molar-refractivity contribution is -0.0721. The number of nitrogens with zero attached hydrogens (tertiary/aromatic N) is 3. The van der Waals surface area contributed by atoms with Gasteiger partial charge in [-0.1, -0.05) is 12.1 Å². The first-order valence-corrected chi connectivity index (χ1v) is 11.3. The first-order chi connectivity index (χ1) is 14.7. The van der Waals surface area contributed by atoms with E-state index in [1.807, 2.05) is 31.1 Å². The van der Waals surface area contributed by atoms with Crippen molar-refractivity contribution in [2.24, 2.45) is 4.99 Å². The smallest absolute Gasteiger partial charge is 0.193 e. The highest BCUT2D eigenvalue weighted by Crippen LogP contribution is 2.18. The molecule has 0 aromatic heterocycles. The molecule has 2 heterocycles. The fourth-order valence-electron chi connectivity index (χ4n) is 4.15. The minimum Gasteiger partial charge on any atom is -0.376 e. The van der Waals surface area contributed by atoms with Crippen LogP contribution in [0, 0.1) is 5.82 Å². The summed E-state index contributed by atoms with van der Waals surface area (Å²) in [5.74, 6) is 0.765. The van der Waals surface area contributed by atoms with E-state index in [0.29, 0.717) is 11.8 Å². The molecule has 30 heavy (non-hydrogen) atoms. The van der Waals surface area contributed by atoms with Crippen LogP contribution >= 0.6 is 0 Å². The number of hydrogen-bond donors (Lipinski definition) is 1. The number of anilines is 1. The molecule has 2 fully saturated rings. The lowest BCUT2D eigenvalue weighted by Crippen LogP contribution is -2.47. The molecule has 6 nitrogen and oxygen atoms in total. The Morgan fingerprint density at radius 1 is 1.27 bits per heavy atom. The molecule has 0 saturated carbocycles. The molecular weight excluding hydrogens is 383 g/mol. The van der Waals surface area contributed by atoms with E-state index in [-0.39, 0.29) is 11.9 Å². The van der Waals surface area contributed by atoms with E-state index in [1.165, 1.54) is 18.9 Å². The number of ether oxygens (including phenoxy) is 2. The van der Waals surface area contributed by atoms with Crippen molar-refractivity contribution < 1.29 is 13.9 Å². The summed E-state index contributed by atoms with van der Waals surface area (Å²) >= 11 is 0. The predicted molar refractivity (Wildman–Crippen MR) is 120 cm³/mol. The molecule has 7 heteroatoms. The van der Waals surface area contributed by atoms with Gasteiger partial charge in [-0.2, -0.15) is 0 Å². The Kier molecular flexibility index (Phi) is 9.21. The Labute approximate surface area is 180 Å². The monoisotopic (exact) mass is 420 g/mol. The zero-order valence-electron chi connectivity index (χ0n) is 18.5. The standard InChI is InChI=1S/C23H37FN4O2/c1-25-23(26-13-7-14-27(2)22-10-4-3-9-21(22)24)28-15-11-19(12-16-28)30-18-20-8-5-6-17-29-20/h3-4,9-10,19-20H,5-8,11-18H2,1-2H3,(H,25,26). The van der Waals surface area contributed by atoms with Gasteiger partial charge in [0.25, 0.3) is 0 Å². The number of benzene rings is 1. The first kappa shape index (κ1) is 22.8. The van der Waals surface area contributed by atoms with Crippen molar-refractivity contribution in [1.82, 2.24) is 10.2 Å². The van der Waals surface area contributed by atoms with Gasteiger partial charge in [0.05, 0.1) is 24.5 Å². The van der Waals surface area contributed by atoms with Crippen LogP contribution in [-0.4, -0.2) is 76.6 Å². The van der Waals surface area contributed by atoms with Crippen molar-refractivity contribution in [1.29, 1.82) is 0 Å². The lowest BCUT2D eigenvalue weighted by Gasteiger charge is -2.35. The van der Waals surface area contributed by atoms with Gasteiger partial charge in [-0.15, -0.1) is 0 Å². The van der Waals surface area contributed by atoms with Gasteiger partial charge in [0.2, 0.25) is 0 Å². The van der Waals surface area contributed by atoms with Crippen molar-refractivity contribution in [3.05, 3.63) is 30.1 Å². The number of nitrogens with one attached hydrogen (secondary N) is 1. The second-order valence-corrected chi connectivity index (χ2v) is 8.21. The molecule has 1 aromatic carbocycles. The third-order valence-corrected chi connectivity index (χ3v) is 5.96. The SMILES string of the molecule is CN=C(NCCCN(C)c1ccccc1F)N1CCC(OCC2CCCCO2)CC1. The molecule has 168 valence electrons. The Hall–Kier alpha value is -1.86. The number of guanidine groups is 1. The van der Waals surface area contributed by atoms with E-state index in [0.717, 1.165) is 71.0 Å². The molecule has 1 N–H and O–H groups in total. The lowest BCUT2D eigenvalue weighted by atomic mass is 10.1. The van der Waals surface area contributed by atoms with Crippen LogP contribution in [0.3, 0.4) is 0 Å². The molecule has 0 bridgehead atoms. The molecule has 1 atom stereocenters. The molecule has 0 spiro atoms. The molecule has 3 rings (SSSR count). The zero-order valence-corrected chi connectivity index (χ0v) is 18.5. The van der Waals surface area contributed by atoms with Gasteiger partial charge in [0, 0.05) is 46.9 Å². The number of rotatable bonds is 8. The maximum atomic E-state index is 13.9. The maximum absolute atomic E-state index is 13.9. The van der Waals surface area contributed by atoms with E-state index < -0.39 is 0 Å². The molecule has 2 aliphatic heterocycles. The van der Waals surface area contributed by atoms with Crippen molar-refractivity contribution in [2.75, 3.05) is 58.4 Å². The van der Waals surface area contributed by atoms with E-state index in [2.05, 4.69) is 15.2 Å². The number of halogens is 1. The number of hydrogen-bond acceptors (Lipinski definition) is 4. The average Bonchev–Trinajstić information content (AvgIpc) is 2.79. The van der Waals surface area contributed by atoms with Gasteiger partial charge < -0.3 is 24.6 Å². The molecule has 1 aromatic rings. The van der Waals surface area contributed by atoms with E-state index in [9.17, 15) is 4.39 Å². The third kappa shape index (κ3) is 6.84. The summed E-state index contributed by atoms with van der Waals surface area (Å²) in [5, 5.41) is 3.45. The second-order valence-electron chi connectivity index (χ2n) is 8.21. The fourth-order valence-corrected chi connectivity index (χ4v) is 4.15. The molecule has 1 unspecified atom stereocenters. The van der Waals surface area contributed by atoms with E-state index in [1.54, 1.807) is 6.07 Å². The van der Waals surface area contributed by atoms with Crippen LogP contribution in [0.4, 0.5) is 10.1 Å². The summed E-state index contributed by atoms with van der Waals surface area (Å²) < 4.78 is 25.7. The highest BCUT2D eigenvalue weighted by Gasteiger charge is 2.23. The minimum atomic E-state index is -0.177. The summed E-state index contributed by atoms with van der Waals surface area (Å²) in [6.07, 6.45) is 7.11. The van der Waals surface area contributed by atoms with Crippen molar-refractivity contribution in [2.45, 2.75) is 50.7 Å². The molecule has 0 radical (unpaired) electrons. The Morgan fingerprint density at radius 2 is 2.07 bits per heavy atom. The van der Waals surface area contributed by atoms with Crippen LogP contribution in [-0.2, 0) is 9.47 Å². The van der Waals surface area contributed by atoms with Crippen LogP contribution in [0.25, 0.3) is 0 Å². The normalized spacial score (nSPS) is 21.0. The summed E-state index contributed by atoms with van der Waals surface area (Å²) in [5.41, 5.74) is 0.641. The third-order valence-electron chi connectivity index (χ3n) is 5.96. The van der Waals surface area contributed by atoms with Crippen LogP contribution < -0.4 is 10.2 Å². The number of piperidine rings is 1. The Balaban J connectivity index is 1.32.